The lowest BCUT2D eigenvalue weighted by molar-refractivity contribution is 0.00825. The Morgan fingerprint density at radius 1 is 1.28 bits per heavy atom. The highest BCUT2D eigenvalue weighted by molar-refractivity contribution is 6.32. The number of ether oxygens (including phenoxy) is 3. The van der Waals surface area contributed by atoms with Gasteiger partial charge in [-0.15, -0.1) is 0 Å². The van der Waals surface area contributed by atoms with Crippen LogP contribution in [0.1, 0.15) is 42.1 Å². The van der Waals surface area contributed by atoms with Crippen molar-refractivity contribution in [3.8, 4) is 5.75 Å². The number of anilines is 1. The Morgan fingerprint density at radius 3 is 2.66 bits per heavy atom. The van der Waals surface area contributed by atoms with Gasteiger partial charge < -0.3 is 19.1 Å². The Bertz CT molecular complexity index is 886. The zero-order valence-corrected chi connectivity index (χ0v) is 17.3. The highest BCUT2D eigenvalue weighted by Gasteiger charge is 2.57. The third-order valence-corrected chi connectivity index (χ3v) is 5.88. The van der Waals surface area contributed by atoms with E-state index >= 15 is 0 Å². The summed E-state index contributed by atoms with van der Waals surface area (Å²) in [7, 11) is 1.60. The molecule has 1 aromatic carbocycles. The minimum atomic E-state index is -0.414. The molecule has 2 aliphatic rings. The van der Waals surface area contributed by atoms with Gasteiger partial charge in [-0.1, -0.05) is 17.7 Å². The van der Waals surface area contributed by atoms with Crippen molar-refractivity contribution in [1.29, 1.82) is 0 Å². The predicted octanol–water partition coefficient (Wildman–Crippen LogP) is 3.85. The number of methoxy groups -OCH3 is 1. The van der Waals surface area contributed by atoms with E-state index in [2.05, 4.69) is 14.9 Å². The van der Waals surface area contributed by atoms with Gasteiger partial charge in [0, 0.05) is 24.4 Å². The number of hydrogen-bond donors (Lipinski definition) is 0. The maximum Gasteiger partial charge on any atom is 0.341 e. The number of nitrogens with zero attached hydrogens (tertiary/aromatic N) is 3. The Balaban J connectivity index is 1.47. The average Bonchev–Trinajstić information content (AvgIpc) is 3.42. The normalized spacial score (nSPS) is 19.4. The largest absolute Gasteiger partial charge is 0.495 e. The molecule has 0 bridgehead atoms. The zero-order valence-electron chi connectivity index (χ0n) is 16.6. The van der Waals surface area contributed by atoms with Gasteiger partial charge in [0.25, 0.3) is 0 Å². The summed E-state index contributed by atoms with van der Waals surface area (Å²) in [6.07, 6.45) is 6.25. The van der Waals surface area contributed by atoms with Gasteiger partial charge in [0.15, 0.2) is 0 Å². The van der Waals surface area contributed by atoms with E-state index in [1.54, 1.807) is 14.0 Å². The van der Waals surface area contributed by atoms with Gasteiger partial charge in [-0.05, 0) is 43.9 Å². The zero-order chi connectivity index (χ0) is 20.4. The molecule has 1 saturated heterocycles. The van der Waals surface area contributed by atoms with Gasteiger partial charge in [-0.3, -0.25) is 0 Å². The number of halogens is 1. The van der Waals surface area contributed by atoms with Crippen molar-refractivity contribution in [2.75, 3.05) is 25.2 Å². The molecular formula is C21H24ClN3O4. The van der Waals surface area contributed by atoms with Gasteiger partial charge in [0.2, 0.25) is 5.95 Å². The maximum atomic E-state index is 11.8. The molecule has 2 heterocycles. The molecule has 1 spiro atoms. The van der Waals surface area contributed by atoms with Crippen LogP contribution in [0.15, 0.2) is 30.6 Å². The molecule has 0 N–H and O–H groups in total. The summed E-state index contributed by atoms with van der Waals surface area (Å²) in [5, 5.41) is 0.566. The number of hydrogen-bond acceptors (Lipinski definition) is 7. The predicted molar refractivity (Wildman–Crippen MR) is 108 cm³/mol. The summed E-state index contributed by atoms with van der Waals surface area (Å²) in [5.74, 6) is 0.801. The molecule has 7 nitrogen and oxygen atoms in total. The molecule has 1 saturated carbocycles. The van der Waals surface area contributed by atoms with Crippen LogP contribution < -0.4 is 9.64 Å². The molecule has 1 aliphatic heterocycles. The van der Waals surface area contributed by atoms with Crippen molar-refractivity contribution >= 4 is 23.5 Å². The van der Waals surface area contributed by atoms with E-state index in [0.29, 0.717) is 35.5 Å². The van der Waals surface area contributed by atoms with Crippen LogP contribution in [0.4, 0.5) is 5.95 Å². The van der Waals surface area contributed by atoms with E-state index in [1.807, 2.05) is 18.2 Å². The quantitative estimate of drug-likeness (QED) is 0.633. The molecule has 8 heteroatoms. The van der Waals surface area contributed by atoms with E-state index in [4.69, 9.17) is 25.8 Å². The van der Waals surface area contributed by atoms with Gasteiger partial charge in [0.05, 0.1) is 30.9 Å². The Kier molecular flexibility index (Phi) is 5.61. The maximum absolute atomic E-state index is 11.8. The van der Waals surface area contributed by atoms with Gasteiger partial charge in [0.1, 0.15) is 12.0 Å². The van der Waals surface area contributed by atoms with Crippen molar-refractivity contribution in [2.24, 2.45) is 5.41 Å². The Labute approximate surface area is 174 Å². The highest BCUT2D eigenvalue weighted by atomic mass is 35.5. The fourth-order valence-corrected chi connectivity index (χ4v) is 4.09. The molecule has 4 rings (SSSR count). The second-order valence-electron chi connectivity index (χ2n) is 7.43. The summed E-state index contributed by atoms with van der Waals surface area (Å²) >= 11 is 6.23. The first-order valence-electron chi connectivity index (χ1n) is 9.76. The van der Waals surface area contributed by atoms with E-state index in [-0.39, 0.29) is 11.6 Å². The van der Waals surface area contributed by atoms with Crippen molar-refractivity contribution in [3.05, 3.63) is 46.7 Å². The topological polar surface area (TPSA) is 73.8 Å². The molecule has 1 aliphatic carbocycles. The van der Waals surface area contributed by atoms with Crippen LogP contribution in [0.3, 0.4) is 0 Å². The summed E-state index contributed by atoms with van der Waals surface area (Å²) < 4.78 is 16.5. The third-order valence-electron chi connectivity index (χ3n) is 5.58. The molecule has 1 atom stereocenters. The second-order valence-corrected chi connectivity index (χ2v) is 7.84. The average molecular weight is 418 g/mol. The lowest BCUT2D eigenvalue weighted by Crippen LogP contribution is -2.37. The number of carbonyl (C=O) groups excluding carboxylic acids is 1. The molecule has 1 aromatic heterocycles. The van der Waals surface area contributed by atoms with Gasteiger partial charge >= 0.3 is 5.97 Å². The van der Waals surface area contributed by atoms with Crippen molar-refractivity contribution in [2.45, 2.75) is 39.0 Å². The summed E-state index contributed by atoms with van der Waals surface area (Å²) in [4.78, 5) is 22.7. The first-order chi connectivity index (χ1) is 14.1. The second kappa shape index (κ2) is 8.16. The van der Waals surface area contributed by atoms with Crippen LogP contribution in [0.5, 0.6) is 5.75 Å². The number of carbonyl (C=O) groups is 1. The van der Waals surface area contributed by atoms with Crippen LogP contribution in [0.2, 0.25) is 5.02 Å². The molecule has 154 valence electrons. The summed E-state index contributed by atoms with van der Waals surface area (Å²) in [6, 6.07) is 5.66. The van der Waals surface area contributed by atoms with E-state index < -0.39 is 5.97 Å². The standard InChI is InChI=1S/C21H24ClN3O4/c1-3-28-18(26)15-11-23-20(24-12-15)25-9-8-21(6-7-21)19(25)29-13-14-4-5-17(27-2)16(22)10-14/h4-5,10-12,19H,3,6-9,13H2,1-2H3. The first-order valence-corrected chi connectivity index (χ1v) is 10.1. The lowest BCUT2D eigenvalue weighted by atomic mass is 10.1. The van der Waals surface area contributed by atoms with Crippen molar-refractivity contribution in [1.82, 2.24) is 9.97 Å². The molecule has 2 fully saturated rings. The van der Waals surface area contributed by atoms with Crippen LogP contribution >= 0.6 is 11.6 Å². The summed E-state index contributed by atoms with van der Waals surface area (Å²) in [5.41, 5.74) is 1.50. The van der Waals surface area contributed by atoms with Crippen LogP contribution in [-0.4, -0.2) is 42.4 Å². The third kappa shape index (κ3) is 4.02. The lowest BCUT2D eigenvalue weighted by Gasteiger charge is -2.28. The van der Waals surface area contributed by atoms with Crippen LogP contribution in [-0.2, 0) is 16.1 Å². The van der Waals surface area contributed by atoms with E-state index in [1.165, 1.54) is 12.4 Å². The van der Waals surface area contributed by atoms with Gasteiger partial charge in [-0.25, -0.2) is 14.8 Å². The Morgan fingerprint density at radius 2 is 2.03 bits per heavy atom. The molecule has 0 amide bonds. The SMILES string of the molecule is CCOC(=O)c1cnc(N2CCC3(CC3)C2OCc2ccc(OC)c(Cl)c2)nc1. The number of aromatic nitrogens is 2. The monoisotopic (exact) mass is 417 g/mol. The van der Waals surface area contributed by atoms with Gasteiger partial charge in [-0.2, -0.15) is 0 Å². The number of rotatable bonds is 7. The molecule has 0 radical (unpaired) electrons. The van der Waals surface area contributed by atoms with E-state index in [0.717, 1.165) is 31.4 Å². The van der Waals surface area contributed by atoms with Crippen molar-refractivity contribution in [3.63, 3.8) is 0 Å². The number of esters is 1. The van der Waals surface area contributed by atoms with Crippen LogP contribution in [0.25, 0.3) is 0 Å². The minimum Gasteiger partial charge on any atom is -0.495 e. The number of benzene rings is 1. The summed E-state index contributed by atoms with van der Waals surface area (Å²) in [6.45, 7) is 3.35. The highest BCUT2D eigenvalue weighted by Crippen LogP contribution is 2.57. The Hall–Kier alpha value is -2.38. The fourth-order valence-electron chi connectivity index (χ4n) is 3.81. The molecule has 29 heavy (non-hydrogen) atoms. The molecule has 2 aromatic rings. The smallest absolute Gasteiger partial charge is 0.341 e. The molecule has 1 unspecified atom stereocenters. The van der Waals surface area contributed by atoms with E-state index in [9.17, 15) is 4.79 Å². The minimum absolute atomic E-state index is 0.100. The van der Waals surface area contributed by atoms with Crippen molar-refractivity contribution < 1.29 is 19.0 Å². The fraction of sp³-hybridized carbons (Fsp3) is 0.476. The first kappa shape index (κ1) is 19.9. The van der Waals surface area contributed by atoms with Crippen LogP contribution in [0, 0.1) is 5.41 Å². The molecular weight excluding hydrogens is 394 g/mol.